The summed E-state index contributed by atoms with van der Waals surface area (Å²) in [5.74, 6) is 0.702. The molecule has 4 nitrogen and oxygen atoms in total. The Hall–Kier alpha value is -1.62. The van der Waals surface area contributed by atoms with E-state index >= 15 is 0 Å². The van der Waals surface area contributed by atoms with Gasteiger partial charge in [0.25, 0.3) is 5.91 Å². The molecule has 0 saturated carbocycles. The highest BCUT2D eigenvalue weighted by molar-refractivity contribution is 7.12. The first-order valence-corrected chi connectivity index (χ1v) is 7.45. The second kappa shape index (κ2) is 7.09. The Morgan fingerprint density at radius 2 is 2.47 bits per heavy atom. The lowest BCUT2D eigenvalue weighted by Gasteiger charge is -2.07. The Morgan fingerprint density at radius 3 is 3.26 bits per heavy atom. The van der Waals surface area contributed by atoms with E-state index in [2.05, 4.69) is 10.3 Å². The summed E-state index contributed by atoms with van der Waals surface area (Å²) < 4.78 is 0. The lowest BCUT2D eigenvalue weighted by Crippen LogP contribution is -2.16. The molecule has 1 aliphatic rings. The van der Waals surface area contributed by atoms with Gasteiger partial charge < -0.3 is 11.1 Å². The van der Waals surface area contributed by atoms with Crippen molar-refractivity contribution in [2.75, 3.05) is 0 Å². The molecule has 0 saturated heterocycles. The molecule has 5 heteroatoms. The number of hydrogen-bond donors (Lipinski definition) is 2. The van der Waals surface area contributed by atoms with Crippen LogP contribution in [0.3, 0.4) is 0 Å². The maximum atomic E-state index is 11.7. The molecular weight excluding hydrogens is 258 g/mol. The van der Waals surface area contributed by atoms with E-state index in [1.165, 1.54) is 17.8 Å². The van der Waals surface area contributed by atoms with Crippen LogP contribution in [-0.4, -0.2) is 17.8 Å². The molecule has 1 aliphatic heterocycles. The van der Waals surface area contributed by atoms with Crippen molar-refractivity contribution in [3.05, 3.63) is 34.7 Å². The minimum atomic E-state index is -0.0601. The van der Waals surface area contributed by atoms with Crippen LogP contribution < -0.4 is 11.1 Å². The Kier molecular flexibility index (Phi) is 5.15. The number of carbonyl (C=O) groups excluding carboxylic acids is 1. The minimum absolute atomic E-state index is 0.0601. The van der Waals surface area contributed by atoms with Crippen molar-refractivity contribution in [2.24, 2.45) is 10.7 Å². The number of nitrogens with one attached hydrogen (secondary N) is 1. The summed E-state index contributed by atoms with van der Waals surface area (Å²) in [6, 6.07) is 3.94. The minimum Gasteiger partial charge on any atom is -0.387 e. The molecule has 1 unspecified atom stereocenters. The van der Waals surface area contributed by atoms with Gasteiger partial charge in [-0.1, -0.05) is 18.6 Å². The van der Waals surface area contributed by atoms with Crippen molar-refractivity contribution in [2.45, 2.75) is 38.1 Å². The van der Waals surface area contributed by atoms with Gasteiger partial charge in [0.05, 0.1) is 16.8 Å². The molecule has 102 valence electrons. The molecule has 0 spiro atoms. The molecule has 1 amide bonds. The van der Waals surface area contributed by atoms with Crippen molar-refractivity contribution in [3.63, 3.8) is 0 Å². The standard InChI is InChI=1S/C14H19N3OS/c15-13-8-2-1-5-11(17-13)6-3-9-16-14(18)12-7-4-10-19-12/h3-4,7,9-11H,1-2,5-6,8H2,(H2,15,17)(H,16,18). The molecule has 2 rings (SSSR count). The predicted octanol–water partition coefficient (Wildman–Crippen LogP) is 2.68. The van der Waals surface area contributed by atoms with Crippen LogP contribution in [-0.2, 0) is 0 Å². The fourth-order valence-corrected chi connectivity index (χ4v) is 2.69. The molecule has 3 N–H and O–H groups in total. The molecule has 0 radical (unpaired) electrons. The topological polar surface area (TPSA) is 67.5 Å². The summed E-state index contributed by atoms with van der Waals surface area (Å²) in [5, 5.41) is 4.65. The molecule has 2 heterocycles. The average molecular weight is 277 g/mol. The van der Waals surface area contributed by atoms with Crippen molar-refractivity contribution >= 4 is 23.1 Å². The van der Waals surface area contributed by atoms with Crippen LogP contribution in [0.2, 0.25) is 0 Å². The summed E-state index contributed by atoms with van der Waals surface area (Å²) in [7, 11) is 0. The number of hydrogen-bond acceptors (Lipinski definition) is 4. The highest BCUT2D eigenvalue weighted by Gasteiger charge is 2.10. The Bertz CT molecular complexity index is 465. The van der Waals surface area contributed by atoms with Gasteiger partial charge in [-0.2, -0.15) is 0 Å². The molecule has 1 aromatic heterocycles. The van der Waals surface area contributed by atoms with Gasteiger partial charge in [-0.05, 0) is 30.7 Å². The largest absolute Gasteiger partial charge is 0.387 e. The van der Waals surface area contributed by atoms with E-state index in [-0.39, 0.29) is 11.9 Å². The van der Waals surface area contributed by atoms with Gasteiger partial charge in [0, 0.05) is 12.6 Å². The first-order valence-electron chi connectivity index (χ1n) is 6.57. The van der Waals surface area contributed by atoms with Gasteiger partial charge in [-0.15, -0.1) is 11.3 Å². The zero-order chi connectivity index (χ0) is 13.5. The van der Waals surface area contributed by atoms with Crippen LogP contribution in [0.4, 0.5) is 0 Å². The van der Waals surface area contributed by atoms with Crippen molar-refractivity contribution < 1.29 is 4.79 Å². The molecule has 19 heavy (non-hydrogen) atoms. The lowest BCUT2D eigenvalue weighted by molar-refractivity contribution is 0.0974. The van der Waals surface area contributed by atoms with Gasteiger partial charge in [0.15, 0.2) is 0 Å². The third-order valence-corrected chi connectivity index (χ3v) is 3.92. The molecule has 0 aliphatic carbocycles. The SMILES string of the molecule is NC1=NC(CC=CNC(=O)c2cccs2)CCCC1. The van der Waals surface area contributed by atoms with Crippen molar-refractivity contribution in [3.8, 4) is 0 Å². The normalized spacial score (nSPS) is 20.0. The number of aliphatic imine (C=N–C) groups is 1. The summed E-state index contributed by atoms with van der Waals surface area (Å²) in [5.41, 5.74) is 5.80. The van der Waals surface area contributed by atoms with Gasteiger partial charge in [-0.25, -0.2) is 0 Å². The third-order valence-electron chi connectivity index (χ3n) is 3.05. The molecular formula is C14H19N3OS. The first-order chi connectivity index (χ1) is 9.25. The van der Waals surface area contributed by atoms with E-state index < -0.39 is 0 Å². The number of nitrogens with two attached hydrogens (primary N) is 1. The quantitative estimate of drug-likeness (QED) is 0.888. The van der Waals surface area contributed by atoms with Gasteiger partial charge >= 0.3 is 0 Å². The molecule has 1 aromatic rings. The van der Waals surface area contributed by atoms with Crippen molar-refractivity contribution in [1.82, 2.24) is 5.32 Å². The Morgan fingerprint density at radius 1 is 1.58 bits per heavy atom. The van der Waals surface area contributed by atoms with E-state index in [9.17, 15) is 4.79 Å². The van der Waals surface area contributed by atoms with E-state index in [0.29, 0.717) is 0 Å². The number of nitrogens with zero attached hydrogens (tertiary/aromatic N) is 1. The summed E-state index contributed by atoms with van der Waals surface area (Å²) in [4.78, 5) is 16.9. The monoisotopic (exact) mass is 277 g/mol. The van der Waals surface area contributed by atoms with Crippen LogP contribution in [0.1, 0.15) is 41.8 Å². The van der Waals surface area contributed by atoms with E-state index in [0.717, 1.165) is 36.4 Å². The van der Waals surface area contributed by atoms with E-state index in [1.54, 1.807) is 6.20 Å². The fraction of sp³-hybridized carbons (Fsp3) is 0.429. The Labute approximate surface area is 117 Å². The maximum absolute atomic E-state index is 11.7. The fourth-order valence-electron chi connectivity index (χ4n) is 2.06. The van der Waals surface area contributed by atoms with Crippen LogP contribution in [0, 0.1) is 0 Å². The second-order valence-corrected chi connectivity index (χ2v) is 5.56. The zero-order valence-electron chi connectivity index (χ0n) is 10.8. The zero-order valence-corrected chi connectivity index (χ0v) is 11.7. The number of amidine groups is 1. The number of rotatable bonds is 4. The lowest BCUT2D eigenvalue weighted by atomic mass is 10.1. The average Bonchev–Trinajstić information content (AvgIpc) is 2.85. The van der Waals surface area contributed by atoms with E-state index in [4.69, 9.17) is 5.73 Å². The molecule has 0 bridgehead atoms. The summed E-state index contributed by atoms with van der Waals surface area (Å²) in [6.45, 7) is 0. The molecule has 0 aromatic carbocycles. The maximum Gasteiger partial charge on any atom is 0.265 e. The summed E-state index contributed by atoms with van der Waals surface area (Å²) in [6.07, 6.45) is 8.77. The van der Waals surface area contributed by atoms with E-state index in [1.807, 2.05) is 23.6 Å². The van der Waals surface area contributed by atoms with Gasteiger partial charge in [0.2, 0.25) is 0 Å². The van der Waals surface area contributed by atoms with Crippen LogP contribution in [0.5, 0.6) is 0 Å². The summed E-state index contributed by atoms with van der Waals surface area (Å²) >= 11 is 1.44. The molecule has 1 atom stereocenters. The molecule has 0 fully saturated rings. The third kappa shape index (κ3) is 4.52. The smallest absolute Gasteiger partial charge is 0.265 e. The van der Waals surface area contributed by atoms with Crippen LogP contribution >= 0.6 is 11.3 Å². The van der Waals surface area contributed by atoms with Gasteiger partial charge in [0.1, 0.15) is 0 Å². The Balaban J connectivity index is 1.77. The number of amides is 1. The second-order valence-electron chi connectivity index (χ2n) is 4.61. The van der Waals surface area contributed by atoms with Crippen molar-refractivity contribution in [1.29, 1.82) is 0 Å². The highest BCUT2D eigenvalue weighted by Crippen LogP contribution is 2.15. The number of carbonyl (C=O) groups is 1. The van der Waals surface area contributed by atoms with Gasteiger partial charge in [-0.3, -0.25) is 9.79 Å². The van der Waals surface area contributed by atoms with Crippen LogP contribution in [0.25, 0.3) is 0 Å². The number of thiophene rings is 1. The predicted molar refractivity (Wildman–Crippen MR) is 79.4 cm³/mol. The van der Waals surface area contributed by atoms with Crippen LogP contribution in [0.15, 0.2) is 34.8 Å². The highest BCUT2D eigenvalue weighted by atomic mass is 32.1. The first kappa shape index (κ1) is 13.8.